The number of rotatable bonds is 11. The van der Waals surface area contributed by atoms with E-state index in [2.05, 4.69) is 28.3 Å². The smallest absolute Gasteiger partial charge is 0.217 e. The van der Waals surface area contributed by atoms with E-state index in [4.69, 9.17) is 9.25 Å². The molecular formula is C29H33F2N3O4. The SMILES string of the molecule is CONC1=CCC(NCC(O)C(Cc2cc(F)cc(F)c2)NC(C)=O)(c2cccc(-c3ccoc3)c2)CC1. The number of carbonyl (C=O) groups is 1. The number of hydroxylamine groups is 1. The first-order valence-electron chi connectivity index (χ1n) is 12.5. The summed E-state index contributed by atoms with van der Waals surface area (Å²) in [6, 6.07) is 12.5. The maximum atomic E-state index is 13.8. The fourth-order valence-electron chi connectivity index (χ4n) is 4.99. The summed E-state index contributed by atoms with van der Waals surface area (Å²) in [5.41, 5.74) is 6.73. The molecule has 1 aromatic heterocycles. The van der Waals surface area contributed by atoms with Crippen molar-refractivity contribution in [1.29, 1.82) is 0 Å². The lowest BCUT2D eigenvalue weighted by atomic mass is 9.77. The zero-order valence-electron chi connectivity index (χ0n) is 21.5. The van der Waals surface area contributed by atoms with Crippen molar-refractivity contribution in [2.24, 2.45) is 0 Å². The molecule has 7 nitrogen and oxygen atoms in total. The van der Waals surface area contributed by atoms with E-state index < -0.39 is 29.3 Å². The van der Waals surface area contributed by atoms with Crippen LogP contribution in [-0.4, -0.2) is 36.8 Å². The van der Waals surface area contributed by atoms with E-state index in [0.717, 1.165) is 34.9 Å². The third kappa shape index (κ3) is 6.86. The number of carbonyl (C=O) groups excluding carboxylic acids is 1. The first kappa shape index (κ1) is 27.5. The van der Waals surface area contributed by atoms with Gasteiger partial charge in [-0.2, -0.15) is 0 Å². The van der Waals surface area contributed by atoms with E-state index in [0.29, 0.717) is 18.4 Å². The van der Waals surface area contributed by atoms with Gasteiger partial charge in [0.05, 0.1) is 31.8 Å². The molecule has 1 heterocycles. The summed E-state index contributed by atoms with van der Waals surface area (Å²) in [4.78, 5) is 17.0. The molecule has 0 saturated heterocycles. The molecule has 0 spiro atoms. The molecule has 4 rings (SSSR count). The molecule has 3 aromatic rings. The number of hydrogen-bond donors (Lipinski definition) is 4. The van der Waals surface area contributed by atoms with Crippen molar-refractivity contribution in [2.75, 3.05) is 13.7 Å². The minimum atomic E-state index is -1.03. The van der Waals surface area contributed by atoms with Gasteiger partial charge in [0.1, 0.15) is 11.6 Å². The topological polar surface area (TPSA) is 95.8 Å². The standard InChI is InChI=1S/C29H33F2N3O4/c1-19(35)33-27(14-20-12-24(30)16-25(31)13-20)28(36)17-32-29(9-6-26(7-10-29)34-37-2)23-5-3-4-21(15-23)22-8-11-38-18-22/h3-6,8,11-13,15-16,18,27-28,32,34,36H,7,9-10,14,17H2,1-2H3,(H,33,35). The van der Waals surface area contributed by atoms with E-state index in [9.17, 15) is 18.7 Å². The fourth-order valence-corrected chi connectivity index (χ4v) is 4.99. The number of hydrogen-bond acceptors (Lipinski definition) is 6. The summed E-state index contributed by atoms with van der Waals surface area (Å²) in [6.45, 7) is 1.48. The maximum absolute atomic E-state index is 13.8. The van der Waals surface area contributed by atoms with E-state index >= 15 is 0 Å². The Kier molecular flexibility index (Phi) is 8.93. The van der Waals surface area contributed by atoms with Crippen molar-refractivity contribution in [3.8, 4) is 11.1 Å². The molecule has 1 amide bonds. The average molecular weight is 526 g/mol. The van der Waals surface area contributed by atoms with Crippen molar-refractivity contribution in [3.63, 3.8) is 0 Å². The van der Waals surface area contributed by atoms with Crippen LogP contribution in [0.3, 0.4) is 0 Å². The van der Waals surface area contributed by atoms with Gasteiger partial charge in [-0.25, -0.2) is 8.78 Å². The monoisotopic (exact) mass is 525 g/mol. The van der Waals surface area contributed by atoms with Gasteiger partial charge < -0.3 is 20.2 Å². The van der Waals surface area contributed by atoms with Crippen molar-refractivity contribution < 1.29 is 27.9 Å². The van der Waals surface area contributed by atoms with E-state index in [1.54, 1.807) is 19.6 Å². The molecular weight excluding hydrogens is 492 g/mol. The Hall–Kier alpha value is -3.53. The van der Waals surface area contributed by atoms with E-state index in [-0.39, 0.29) is 18.9 Å². The molecule has 0 radical (unpaired) electrons. The molecule has 1 aliphatic rings. The average Bonchev–Trinajstić information content (AvgIpc) is 3.43. The second-order valence-corrected chi connectivity index (χ2v) is 9.65. The molecule has 0 aliphatic heterocycles. The van der Waals surface area contributed by atoms with Gasteiger partial charge in [0, 0.05) is 36.3 Å². The Morgan fingerprint density at radius 3 is 2.58 bits per heavy atom. The maximum Gasteiger partial charge on any atom is 0.217 e. The van der Waals surface area contributed by atoms with Crippen molar-refractivity contribution in [3.05, 3.63) is 95.6 Å². The number of aliphatic hydroxyl groups is 1. The largest absolute Gasteiger partial charge is 0.472 e. The highest BCUT2D eigenvalue weighted by Crippen LogP contribution is 2.37. The van der Waals surface area contributed by atoms with Crippen molar-refractivity contribution in [1.82, 2.24) is 16.1 Å². The second-order valence-electron chi connectivity index (χ2n) is 9.65. The Morgan fingerprint density at radius 1 is 1.16 bits per heavy atom. The molecule has 0 bridgehead atoms. The summed E-state index contributed by atoms with van der Waals surface area (Å²) < 4.78 is 32.8. The first-order valence-corrected chi connectivity index (χ1v) is 12.5. The zero-order valence-corrected chi connectivity index (χ0v) is 21.5. The van der Waals surface area contributed by atoms with Crippen molar-refractivity contribution >= 4 is 5.91 Å². The van der Waals surface area contributed by atoms with Crippen LogP contribution >= 0.6 is 0 Å². The van der Waals surface area contributed by atoms with Crippen LogP contribution in [-0.2, 0) is 21.6 Å². The molecule has 4 N–H and O–H groups in total. The summed E-state index contributed by atoms with van der Waals surface area (Å²) in [5, 5.41) is 17.5. The van der Waals surface area contributed by atoms with Gasteiger partial charge in [-0.15, -0.1) is 0 Å². The first-order chi connectivity index (χ1) is 18.3. The Bertz CT molecular complexity index is 1240. The summed E-state index contributed by atoms with van der Waals surface area (Å²) in [6.07, 6.45) is 6.49. The quantitative estimate of drug-likeness (QED) is 0.278. The summed E-state index contributed by atoms with van der Waals surface area (Å²) >= 11 is 0. The lowest BCUT2D eigenvalue weighted by molar-refractivity contribution is -0.120. The molecule has 38 heavy (non-hydrogen) atoms. The normalized spacial score (nSPS) is 18.9. The minimum absolute atomic E-state index is 0.0713. The number of amides is 1. The number of allylic oxidation sites excluding steroid dienone is 1. The molecule has 0 saturated carbocycles. The summed E-state index contributed by atoms with van der Waals surface area (Å²) in [7, 11) is 1.57. The van der Waals surface area contributed by atoms with Gasteiger partial charge in [0.2, 0.25) is 5.91 Å². The van der Waals surface area contributed by atoms with Crippen LogP contribution in [0.25, 0.3) is 11.1 Å². The van der Waals surface area contributed by atoms with E-state index in [1.165, 1.54) is 19.1 Å². The summed E-state index contributed by atoms with van der Waals surface area (Å²) in [5.74, 6) is -1.76. The van der Waals surface area contributed by atoms with Crippen LogP contribution in [0.5, 0.6) is 0 Å². The lowest BCUT2D eigenvalue weighted by Crippen LogP contribution is -2.53. The molecule has 3 unspecified atom stereocenters. The predicted octanol–water partition coefficient (Wildman–Crippen LogP) is 4.34. The number of nitrogens with one attached hydrogen (secondary N) is 3. The Labute approximate surface area is 220 Å². The molecule has 202 valence electrons. The second kappa shape index (κ2) is 12.3. The Morgan fingerprint density at radius 2 is 1.95 bits per heavy atom. The Balaban J connectivity index is 1.57. The van der Waals surface area contributed by atoms with Crippen LogP contribution < -0.4 is 16.1 Å². The zero-order chi connectivity index (χ0) is 27.1. The number of halogens is 2. The fraction of sp³-hybridized carbons (Fsp3) is 0.345. The molecule has 9 heteroatoms. The van der Waals surface area contributed by atoms with Gasteiger partial charge in [-0.1, -0.05) is 24.3 Å². The number of benzene rings is 2. The van der Waals surface area contributed by atoms with Gasteiger partial charge in [0.15, 0.2) is 0 Å². The van der Waals surface area contributed by atoms with Crippen LogP contribution in [0.4, 0.5) is 8.78 Å². The lowest BCUT2D eigenvalue weighted by Gasteiger charge is -2.40. The predicted molar refractivity (Wildman–Crippen MR) is 140 cm³/mol. The van der Waals surface area contributed by atoms with Crippen LogP contribution in [0.1, 0.15) is 37.3 Å². The molecule has 3 atom stereocenters. The van der Waals surface area contributed by atoms with Crippen LogP contribution in [0.15, 0.2) is 77.2 Å². The van der Waals surface area contributed by atoms with Gasteiger partial charge >= 0.3 is 0 Å². The van der Waals surface area contributed by atoms with Crippen LogP contribution in [0.2, 0.25) is 0 Å². The molecule has 0 fully saturated rings. The molecule has 2 aromatic carbocycles. The third-order valence-electron chi connectivity index (χ3n) is 6.90. The highest BCUT2D eigenvalue weighted by atomic mass is 19.1. The van der Waals surface area contributed by atoms with Crippen molar-refractivity contribution in [2.45, 2.75) is 50.3 Å². The van der Waals surface area contributed by atoms with Crippen LogP contribution in [0, 0.1) is 11.6 Å². The number of furan rings is 1. The third-order valence-corrected chi connectivity index (χ3v) is 6.90. The highest BCUT2D eigenvalue weighted by Gasteiger charge is 2.35. The van der Waals surface area contributed by atoms with Gasteiger partial charge in [0.25, 0.3) is 0 Å². The van der Waals surface area contributed by atoms with E-state index in [1.807, 2.05) is 24.3 Å². The highest BCUT2D eigenvalue weighted by molar-refractivity contribution is 5.73. The minimum Gasteiger partial charge on any atom is -0.472 e. The molecule has 1 aliphatic carbocycles. The number of aliphatic hydroxyl groups excluding tert-OH is 1. The van der Waals surface area contributed by atoms with Gasteiger partial charge in [-0.05, 0) is 66.6 Å². The van der Waals surface area contributed by atoms with Gasteiger partial charge in [-0.3, -0.25) is 15.1 Å².